The number of carbonyl (C=O) groups is 1. The van der Waals surface area contributed by atoms with Crippen molar-refractivity contribution in [3.8, 4) is 0 Å². The van der Waals surface area contributed by atoms with Crippen LogP contribution in [-0.2, 0) is 16.6 Å². The van der Waals surface area contributed by atoms with Crippen LogP contribution >= 0.6 is 0 Å². The minimum absolute atomic E-state index is 0.122. The monoisotopic (exact) mass is 232 g/mol. The summed E-state index contributed by atoms with van der Waals surface area (Å²) in [5, 5.41) is 0. The van der Waals surface area contributed by atoms with Gasteiger partial charge in [0.2, 0.25) is 0 Å². The minimum atomic E-state index is -0.980. The molecule has 0 N–H and O–H groups in total. The van der Waals surface area contributed by atoms with Gasteiger partial charge in [-0.25, -0.2) is 4.39 Å². The lowest BCUT2D eigenvalue weighted by atomic mass is 9.66. The van der Waals surface area contributed by atoms with E-state index in [1.165, 1.54) is 11.1 Å². The molecule has 0 amide bonds. The molecule has 0 aliphatic heterocycles. The first-order chi connectivity index (χ1) is 8.16. The van der Waals surface area contributed by atoms with Crippen LogP contribution in [0.5, 0.6) is 0 Å². The second-order valence-electron chi connectivity index (χ2n) is 5.36. The summed E-state index contributed by atoms with van der Waals surface area (Å²) in [6, 6.07) is 5.99. The second kappa shape index (κ2) is 3.66. The molecule has 1 aromatic carbocycles. The Hall–Kier alpha value is -1.18. The van der Waals surface area contributed by atoms with E-state index in [9.17, 15) is 9.18 Å². The number of hydrogen-bond acceptors (Lipinski definition) is 1. The zero-order chi connectivity index (χ0) is 12.0. The number of carbonyl (C=O) groups excluding carboxylic acids is 1. The third-order valence-corrected chi connectivity index (χ3v) is 4.55. The average molecular weight is 232 g/mol. The molecule has 90 valence electrons. The summed E-state index contributed by atoms with van der Waals surface area (Å²) < 4.78 is 14.4. The molecular formula is C15H17FO. The number of ketones is 1. The molecule has 2 atom stereocenters. The molecule has 0 aromatic heterocycles. The van der Waals surface area contributed by atoms with Crippen LogP contribution in [-0.4, -0.2) is 12.0 Å². The lowest BCUT2D eigenvalue weighted by Crippen LogP contribution is -2.44. The van der Waals surface area contributed by atoms with Gasteiger partial charge < -0.3 is 0 Å². The van der Waals surface area contributed by atoms with Crippen molar-refractivity contribution in [2.75, 3.05) is 0 Å². The summed E-state index contributed by atoms with van der Waals surface area (Å²) in [5.74, 6) is 0.122. The summed E-state index contributed by atoms with van der Waals surface area (Å²) in [7, 11) is 0. The van der Waals surface area contributed by atoms with E-state index in [-0.39, 0.29) is 5.78 Å². The molecule has 2 unspecified atom stereocenters. The van der Waals surface area contributed by atoms with E-state index < -0.39 is 11.6 Å². The van der Waals surface area contributed by atoms with E-state index >= 15 is 0 Å². The van der Waals surface area contributed by atoms with Crippen LogP contribution < -0.4 is 0 Å². The third kappa shape index (κ3) is 1.33. The van der Waals surface area contributed by atoms with E-state index in [0.717, 1.165) is 18.4 Å². The second-order valence-corrected chi connectivity index (χ2v) is 5.36. The molecule has 1 fully saturated rings. The number of fused-ring (bicyclic) bond motifs is 2. The fraction of sp³-hybridized carbons (Fsp3) is 0.533. The Bertz CT molecular complexity index is 480. The molecule has 0 heterocycles. The van der Waals surface area contributed by atoms with Gasteiger partial charge >= 0.3 is 0 Å². The highest BCUT2D eigenvalue weighted by molar-refractivity contribution is 5.93. The smallest absolute Gasteiger partial charge is 0.146 e. The van der Waals surface area contributed by atoms with Crippen molar-refractivity contribution in [1.82, 2.24) is 0 Å². The predicted octanol–water partition coefficient (Wildman–Crippen LogP) is 3.27. The Labute approximate surface area is 101 Å². The Morgan fingerprint density at radius 3 is 2.88 bits per heavy atom. The van der Waals surface area contributed by atoms with Gasteiger partial charge in [-0.3, -0.25) is 4.79 Å². The van der Waals surface area contributed by atoms with Gasteiger partial charge in [0.25, 0.3) is 0 Å². The quantitative estimate of drug-likeness (QED) is 0.671. The highest BCUT2D eigenvalue weighted by Crippen LogP contribution is 2.48. The normalized spacial score (nSPS) is 31.9. The Kier molecular flexibility index (Phi) is 2.35. The van der Waals surface area contributed by atoms with E-state index in [1.807, 2.05) is 12.1 Å². The van der Waals surface area contributed by atoms with E-state index in [0.29, 0.717) is 19.3 Å². The standard InChI is InChI=1S/C15H17FO/c1-10-4-2-5-12-11(10)7-8-13(16)15(12)9-3-6-14(15)17/h2,4-5,13H,3,6-9H2,1H3. The lowest BCUT2D eigenvalue weighted by Gasteiger charge is -2.38. The van der Waals surface area contributed by atoms with Gasteiger partial charge in [-0.15, -0.1) is 0 Å². The summed E-state index contributed by atoms with van der Waals surface area (Å²) in [6.45, 7) is 2.06. The van der Waals surface area contributed by atoms with Crippen molar-refractivity contribution in [3.63, 3.8) is 0 Å². The molecule has 2 aliphatic rings. The molecule has 2 heteroatoms. The van der Waals surface area contributed by atoms with Crippen LogP contribution in [0.4, 0.5) is 4.39 Å². The highest BCUT2D eigenvalue weighted by atomic mass is 19.1. The molecular weight excluding hydrogens is 215 g/mol. The molecule has 3 rings (SSSR count). The van der Waals surface area contributed by atoms with Gasteiger partial charge in [0.05, 0.1) is 5.41 Å². The number of alkyl halides is 1. The third-order valence-electron chi connectivity index (χ3n) is 4.55. The van der Waals surface area contributed by atoms with Gasteiger partial charge in [-0.1, -0.05) is 18.2 Å². The molecule has 1 spiro atoms. The fourth-order valence-electron chi connectivity index (χ4n) is 3.64. The van der Waals surface area contributed by atoms with Crippen molar-refractivity contribution >= 4 is 5.78 Å². The van der Waals surface area contributed by atoms with Crippen molar-refractivity contribution in [2.24, 2.45) is 0 Å². The molecule has 0 bridgehead atoms. The summed E-state index contributed by atoms with van der Waals surface area (Å²) in [4.78, 5) is 12.2. The first kappa shape index (κ1) is 10.9. The number of hydrogen-bond donors (Lipinski definition) is 0. The lowest BCUT2D eigenvalue weighted by molar-refractivity contribution is -0.124. The number of aryl methyl sites for hydroxylation is 1. The van der Waals surface area contributed by atoms with Crippen molar-refractivity contribution in [1.29, 1.82) is 0 Å². The molecule has 17 heavy (non-hydrogen) atoms. The molecule has 1 nitrogen and oxygen atoms in total. The van der Waals surface area contributed by atoms with Crippen LogP contribution in [0.1, 0.15) is 42.4 Å². The summed E-state index contributed by atoms with van der Waals surface area (Å²) in [5.41, 5.74) is 2.61. The summed E-state index contributed by atoms with van der Waals surface area (Å²) in [6.07, 6.45) is 2.39. The molecule has 0 saturated heterocycles. The van der Waals surface area contributed by atoms with Gasteiger partial charge in [-0.05, 0) is 49.3 Å². The maximum atomic E-state index is 14.4. The molecule has 1 aromatic rings. The van der Waals surface area contributed by atoms with Crippen molar-refractivity contribution < 1.29 is 9.18 Å². The summed E-state index contributed by atoms with van der Waals surface area (Å²) >= 11 is 0. The van der Waals surface area contributed by atoms with Crippen LogP contribution in [0.3, 0.4) is 0 Å². The maximum absolute atomic E-state index is 14.4. The first-order valence-corrected chi connectivity index (χ1v) is 6.42. The largest absolute Gasteiger partial charge is 0.299 e. The number of halogens is 1. The van der Waals surface area contributed by atoms with E-state index in [2.05, 4.69) is 13.0 Å². The van der Waals surface area contributed by atoms with Crippen molar-refractivity contribution in [3.05, 3.63) is 34.9 Å². The Morgan fingerprint density at radius 1 is 1.35 bits per heavy atom. The van der Waals surface area contributed by atoms with Crippen molar-refractivity contribution in [2.45, 2.75) is 50.6 Å². The van der Waals surface area contributed by atoms with Gasteiger partial charge in [0, 0.05) is 6.42 Å². The highest BCUT2D eigenvalue weighted by Gasteiger charge is 2.52. The van der Waals surface area contributed by atoms with E-state index in [1.54, 1.807) is 0 Å². The SMILES string of the molecule is Cc1cccc2c1CCC(F)C21CCCC1=O. The average Bonchev–Trinajstić information content (AvgIpc) is 2.68. The fourth-order valence-corrected chi connectivity index (χ4v) is 3.64. The number of benzene rings is 1. The number of rotatable bonds is 0. The van der Waals surface area contributed by atoms with Gasteiger partial charge in [0.1, 0.15) is 12.0 Å². The zero-order valence-electron chi connectivity index (χ0n) is 10.1. The van der Waals surface area contributed by atoms with Crippen LogP contribution in [0.25, 0.3) is 0 Å². The molecule has 0 radical (unpaired) electrons. The van der Waals surface area contributed by atoms with Gasteiger partial charge in [0.15, 0.2) is 0 Å². The number of Topliss-reactive ketones (excluding diaryl/α,β-unsaturated/α-hetero) is 1. The Morgan fingerprint density at radius 2 is 2.18 bits per heavy atom. The minimum Gasteiger partial charge on any atom is -0.299 e. The van der Waals surface area contributed by atoms with Crippen LogP contribution in [0.2, 0.25) is 0 Å². The molecule has 1 saturated carbocycles. The predicted molar refractivity (Wildman–Crippen MR) is 64.9 cm³/mol. The maximum Gasteiger partial charge on any atom is 0.146 e. The Balaban J connectivity index is 2.23. The van der Waals surface area contributed by atoms with Crippen LogP contribution in [0.15, 0.2) is 18.2 Å². The first-order valence-electron chi connectivity index (χ1n) is 6.42. The topological polar surface area (TPSA) is 17.1 Å². The van der Waals surface area contributed by atoms with Gasteiger partial charge in [-0.2, -0.15) is 0 Å². The molecule has 2 aliphatic carbocycles. The van der Waals surface area contributed by atoms with E-state index in [4.69, 9.17) is 0 Å². The van der Waals surface area contributed by atoms with Crippen LogP contribution in [0, 0.1) is 6.92 Å². The zero-order valence-corrected chi connectivity index (χ0v) is 10.1.